The van der Waals surface area contributed by atoms with Gasteiger partial charge in [0, 0.05) is 8.45 Å². The Bertz CT molecular complexity index is 558. The Hall–Kier alpha value is -0.170. The standard InChI is InChI=1S/C14H14ClFINS/c1-2-6-18-13(14-11(15)5-7-19-14)10-4-3-9(16)8-12(10)17/h3-5,7-8,13,18H,2,6H2,1H3. The maximum absolute atomic E-state index is 13.2. The van der Waals surface area contributed by atoms with Crippen LogP contribution in [0.3, 0.4) is 0 Å². The molecule has 1 heterocycles. The minimum absolute atomic E-state index is 0.0277. The number of benzene rings is 1. The number of rotatable bonds is 5. The molecule has 0 aliphatic rings. The lowest BCUT2D eigenvalue weighted by molar-refractivity contribution is 0.596. The molecule has 102 valence electrons. The first-order chi connectivity index (χ1) is 9.13. The molecule has 0 saturated heterocycles. The fourth-order valence-electron chi connectivity index (χ4n) is 1.88. The van der Waals surface area contributed by atoms with Crippen molar-refractivity contribution in [3.63, 3.8) is 0 Å². The van der Waals surface area contributed by atoms with Gasteiger partial charge in [-0.3, -0.25) is 0 Å². The summed E-state index contributed by atoms with van der Waals surface area (Å²) in [5, 5.41) is 6.23. The van der Waals surface area contributed by atoms with Crippen molar-refractivity contribution in [2.24, 2.45) is 0 Å². The second-order valence-electron chi connectivity index (χ2n) is 4.19. The number of halogens is 3. The molecule has 0 aliphatic heterocycles. The Kier molecular flexibility index (Phi) is 5.62. The van der Waals surface area contributed by atoms with Crippen LogP contribution in [0.25, 0.3) is 0 Å². The summed E-state index contributed by atoms with van der Waals surface area (Å²) in [4.78, 5) is 1.08. The molecule has 2 rings (SSSR count). The van der Waals surface area contributed by atoms with E-state index in [2.05, 4.69) is 34.8 Å². The fraction of sp³-hybridized carbons (Fsp3) is 0.286. The highest BCUT2D eigenvalue weighted by atomic mass is 127. The lowest BCUT2D eigenvalue weighted by Gasteiger charge is -2.20. The van der Waals surface area contributed by atoms with Crippen LogP contribution in [0.2, 0.25) is 5.02 Å². The van der Waals surface area contributed by atoms with E-state index in [1.54, 1.807) is 17.4 Å². The van der Waals surface area contributed by atoms with Crippen molar-refractivity contribution in [2.45, 2.75) is 19.4 Å². The molecule has 0 radical (unpaired) electrons. The molecule has 0 saturated carbocycles. The monoisotopic (exact) mass is 409 g/mol. The zero-order chi connectivity index (χ0) is 13.8. The van der Waals surface area contributed by atoms with Gasteiger partial charge in [-0.25, -0.2) is 4.39 Å². The third-order valence-electron chi connectivity index (χ3n) is 2.78. The van der Waals surface area contributed by atoms with Gasteiger partial charge in [0.1, 0.15) is 5.82 Å². The minimum Gasteiger partial charge on any atom is -0.306 e. The maximum Gasteiger partial charge on any atom is 0.124 e. The number of hydrogen-bond donors (Lipinski definition) is 1. The minimum atomic E-state index is -0.209. The molecule has 0 bridgehead atoms. The SMILES string of the molecule is CCCNC(c1ccc(F)cc1I)c1sccc1Cl. The molecule has 1 aromatic heterocycles. The van der Waals surface area contributed by atoms with Crippen LogP contribution in [0.15, 0.2) is 29.6 Å². The molecule has 5 heteroatoms. The predicted octanol–water partition coefficient (Wildman–Crippen LogP) is 5.23. The van der Waals surface area contributed by atoms with Gasteiger partial charge in [0.15, 0.2) is 0 Å². The molecule has 0 fully saturated rings. The number of thiophene rings is 1. The first-order valence-electron chi connectivity index (χ1n) is 6.04. The third kappa shape index (κ3) is 3.68. The van der Waals surface area contributed by atoms with Gasteiger partial charge in [-0.1, -0.05) is 24.6 Å². The van der Waals surface area contributed by atoms with E-state index >= 15 is 0 Å². The molecule has 1 unspecified atom stereocenters. The van der Waals surface area contributed by atoms with Crippen LogP contribution in [-0.4, -0.2) is 6.54 Å². The summed E-state index contributed by atoms with van der Waals surface area (Å²) >= 11 is 10.0. The van der Waals surface area contributed by atoms with Gasteiger partial charge >= 0.3 is 0 Å². The van der Waals surface area contributed by atoms with Crippen LogP contribution >= 0.6 is 45.5 Å². The molecule has 1 nitrogen and oxygen atoms in total. The van der Waals surface area contributed by atoms with Gasteiger partial charge < -0.3 is 5.32 Å². The van der Waals surface area contributed by atoms with Crippen molar-refractivity contribution >= 4 is 45.5 Å². The van der Waals surface area contributed by atoms with Crippen molar-refractivity contribution in [3.05, 3.63) is 54.5 Å². The summed E-state index contributed by atoms with van der Waals surface area (Å²) < 4.78 is 14.1. The topological polar surface area (TPSA) is 12.0 Å². The molecular weight excluding hydrogens is 396 g/mol. The van der Waals surface area contributed by atoms with Crippen LogP contribution < -0.4 is 5.32 Å². The first kappa shape index (κ1) is 15.2. The van der Waals surface area contributed by atoms with Crippen LogP contribution in [-0.2, 0) is 0 Å². The average Bonchev–Trinajstić information content (AvgIpc) is 2.78. The van der Waals surface area contributed by atoms with E-state index in [0.29, 0.717) is 0 Å². The van der Waals surface area contributed by atoms with E-state index in [-0.39, 0.29) is 11.9 Å². The molecule has 0 aliphatic carbocycles. The second-order valence-corrected chi connectivity index (χ2v) is 6.70. The molecule has 1 N–H and O–H groups in total. The number of hydrogen-bond acceptors (Lipinski definition) is 2. The Morgan fingerprint density at radius 1 is 1.42 bits per heavy atom. The molecule has 19 heavy (non-hydrogen) atoms. The van der Waals surface area contributed by atoms with E-state index < -0.39 is 0 Å². The van der Waals surface area contributed by atoms with E-state index in [9.17, 15) is 4.39 Å². The Balaban J connectivity index is 2.40. The smallest absolute Gasteiger partial charge is 0.124 e. The van der Waals surface area contributed by atoms with Crippen LogP contribution in [0.4, 0.5) is 4.39 Å². The lowest BCUT2D eigenvalue weighted by Crippen LogP contribution is -2.23. The Labute approximate surface area is 135 Å². The van der Waals surface area contributed by atoms with Gasteiger partial charge in [-0.2, -0.15) is 0 Å². The summed E-state index contributed by atoms with van der Waals surface area (Å²) in [5.74, 6) is -0.209. The lowest BCUT2D eigenvalue weighted by atomic mass is 10.1. The Morgan fingerprint density at radius 3 is 2.79 bits per heavy atom. The zero-order valence-corrected chi connectivity index (χ0v) is 14.2. The summed E-state index contributed by atoms with van der Waals surface area (Å²) in [6.45, 7) is 3.02. The van der Waals surface area contributed by atoms with E-state index in [0.717, 1.165) is 32.0 Å². The van der Waals surface area contributed by atoms with Gasteiger partial charge in [-0.15, -0.1) is 11.3 Å². The molecule has 0 amide bonds. The predicted molar refractivity (Wildman–Crippen MR) is 88.6 cm³/mol. The van der Waals surface area contributed by atoms with Gasteiger partial charge in [0.2, 0.25) is 0 Å². The summed E-state index contributed by atoms with van der Waals surface area (Å²) in [5.41, 5.74) is 1.07. The van der Waals surface area contributed by atoms with Crippen molar-refractivity contribution in [2.75, 3.05) is 6.54 Å². The highest BCUT2D eigenvalue weighted by Crippen LogP contribution is 2.34. The third-order valence-corrected chi connectivity index (χ3v) is 5.14. The summed E-state index contributed by atoms with van der Waals surface area (Å²) in [6.07, 6.45) is 1.04. The van der Waals surface area contributed by atoms with Crippen molar-refractivity contribution < 1.29 is 4.39 Å². The molecule has 0 spiro atoms. The maximum atomic E-state index is 13.2. The zero-order valence-electron chi connectivity index (χ0n) is 10.4. The Morgan fingerprint density at radius 2 is 2.21 bits per heavy atom. The van der Waals surface area contributed by atoms with Crippen molar-refractivity contribution in [3.8, 4) is 0 Å². The normalized spacial score (nSPS) is 12.6. The quantitative estimate of drug-likeness (QED) is 0.666. The van der Waals surface area contributed by atoms with E-state index in [4.69, 9.17) is 11.6 Å². The number of nitrogens with one attached hydrogen (secondary N) is 1. The molecule has 2 aromatic rings. The van der Waals surface area contributed by atoms with Crippen molar-refractivity contribution in [1.82, 2.24) is 5.32 Å². The van der Waals surface area contributed by atoms with Crippen LogP contribution in [0.5, 0.6) is 0 Å². The molecular formula is C14H14ClFINS. The van der Waals surface area contributed by atoms with E-state index in [1.807, 2.05) is 17.5 Å². The van der Waals surface area contributed by atoms with Gasteiger partial charge in [0.25, 0.3) is 0 Å². The fourth-order valence-corrected chi connectivity index (χ4v) is 3.93. The van der Waals surface area contributed by atoms with Crippen LogP contribution in [0.1, 0.15) is 29.8 Å². The highest BCUT2D eigenvalue weighted by Gasteiger charge is 2.20. The van der Waals surface area contributed by atoms with E-state index in [1.165, 1.54) is 6.07 Å². The van der Waals surface area contributed by atoms with Crippen molar-refractivity contribution in [1.29, 1.82) is 0 Å². The van der Waals surface area contributed by atoms with Crippen LogP contribution in [0, 0.1) is 9.39 Å². The average molecular weight is 410 g/mol. The molecule has 1 atom stereocenters. The largest absolute Gasteiger partial charge is 0.306 e. The molecule has 1 aromatic carbocycles. The van der Waals surface area contributed by atoms with Gasteiger partial charge in [-0.05, 0) is 64.7 Å². The second kappa shape index (κ2) is 7.02. The summed E-state index contributed by atoms with van der Waals surface area (Å²) in [6, 6.07) is 6.82. The van der Waals surface area contributed by atoms with Gasteiger partial charge in [0.05, 0.1) is 11.1 Å². The first-order valence-corrected chi connectivity index (χ1v) is 8.38. The highest BCUT2D eigenvalue weighted by molar-refractivity contribution is 14.1. The summed E-state index contributed by atoms with van der Waals surface area (Å²) in [7, 11) is 0.